The van der Waals surface area contributed by atoms with Crippen molar-refractivity contribution in [3.05, 3.63) is 52.8 Å². The molecule has 0 radical (unpaired) electrons. The maximum Gasteiger partial charge on any atom is 0.335 e. The molecule has 0 aliphatic carbocycles. The number of carboxylic acids is 1. The van der Waals surface area contributed by atoms with Gasteiger partial charge in [-0.3, -0.25) is 4.72 Å². The molecular weight excluding hydrogens is 349 g/mol. The molecule has 0 amide bonds. The quantitative estimate of drug-likeness (QED) is 0.702. The highest BCUT2D eigenvalue weighted by Crippen LogP contribution is 2.30. The third-order valence-corrected chi connectivity index (χ3v) is 5.05. The number of carboxylic acid groups (broad SMARTS) is 1. The first kappa shape index (κ1) is 18.7. The summed E-state index contributed by atoms with van der Waals surface area (Å²) >= 11 is 0. The number of phenols is 1. The van der Waals surface area contributed by atoms with Crippen LogP contribution in [0.3, 0.4) is 0 Å². The summed E-state index contributed by atoms with van der Waals surface area (Å²) < 4.78 is 41.5. The smallest absolute Gasteiger partial charge is 0.335 e. The largest absolute Gasteiger partial charge is 0.506 e. The number of phenolic OH excluding ortho intramolecular Hbond substituents is 1. The average molecular weight is 367 g/mol. The summed E-state index contributed by atoms with van der Waals surface area (Å²) in [6.45, 7) is 5.06. The monoisotopic (exact) mass is 367 g/mol. The van der Waals surface area contributed by atoms with Gasteiger partial charge in [-0.1, -0.05) is 19.9 Å². The van der Waals surface area contributed by atoms with Crippen LogP contribution < -0.4 is 4.72 Å². The van der Waals surface area contributed by atoms with Crippen molar-refractivity contribution < 1.29 is 27.8 Å². The molecule has 134 valence electrons. The highest BCUT2D eigenvalue weighted by Gasteiger charge is 2.24. The van der Waals surface area contributed by atoms with E-state index in [1.807, 2.05) is 13.8 Å². The van der Waals surface area contributed by atoms with E-state index in [1.165, 1.54) is 19.1 Å². The minimum absolute atomic E-state index is 0.0816. The average Bonchev–Trinajstić information content (AvgIpc) is 2.51. The molecule has 0 aromatic heterocycles. The lowest BCUT2D eigenvalue weighted by Gasteiger charge is -2.14. The van der Waals surface area contributed by atoms with Crippen molar-refractivity contribution in [1.82, 2.24) is 0 Å². The van der Waals surface area contributed by atoms with Crippen LogP contribution in [-0.4, -0.2) is 24.6 Å². The van der Waals surface area contributed by atoms with Crippen molar-refractivity contribution in [1.29, 1.82) is 0 Å². The maximum absolute atomic E-state index is 14.3. The Labute approximate surface area is 145 Å². The SMILES string of the molecule is Cc1cc(C(=O)O)cc(S(=O)(=O)Nc2cc(C(C)C)ccc2O)c1F. The Hall–Kier alpha value is -2.61. The number of aromatic carboxylic acids is 1. The lowest BCUT2D eigenvalue weighted by Crippen LogP contribution is -2.16. The first-order valence-corrected chi connectivity index (χ1v) is 8.90. The second-order valence-corrected chi connectivity index (χ2v) is 7.60. The summed E-state index contributed by atoms with van der Waals surface area (Å²) in [5.41, 5.74) is 0.204. The summed E-state index contributed by atoms with van der Waals surface area (Å²) in [4.78, 5) is 10.3. The second kappa shape index (κ2) is 6.72. The van der Waals surface area contributed by atoms with Gasteiger partial charge < -0.3 is 10.2 Å². The molecule has 0 saturated heterocycles. The lowest BCUT2D eigenvalue weighted by atomic mass is 10.0. The van der Waals surface area contributed by atoms with E-state index in [0.717, 1.165) is 17.7 Å². The number of carbonyl (C=O) groups is 1. The van der Waals surface area contributed by atoms with Gasteiger partial charge in [0.05, 0.1) is 11.3 Å². The molecule has 3 N–H and O–H groups in total. The number of aromatic hydroxyl groups is 1. The molecule has 2 aromatic rings. The van der Waals surface area contributed by atoms with Crippen molar-refractivity contribution in [3.8, 4) is 5.75 Å². The fraction of sp³-hybridized carbons (Fsp3) is 0.235. The third kappa shape index (κ3) is 3.90. The van der Waals surface area contributed by atoms with Crippen LogP contribution in [0.4, 0.5) is 10.1 Å². The number of benzene rings is 2. The van der Waals surface area contributed by atoms with Crippen LogP contribution in [0.5, 0.6) is 5.75 Å². The van der Waals surface area contributed by atoms with Crippen molar-refractivity contribution in [2.24, 2.45) is 0 Å². The third-order valence-electron chi connectivity index (χ3n) is 3.69. The predicted molar refractivity (Wildman–Crippen MR) is 91.1 cm³/mol. The van der Waals surface area contributed by atoms with E-state index in [1.54, 1.807) is 6.07 Å². The van der Waals surface area contributed by atoms with Crippen molar-refractivity contribution in [2.75, 3.05) is 4.72 Å². The Morgan fingerprint density at radius 3 is 2.40 bits per heavy atom. The summed E-state index contributed by atoms with van der Waals surface area (Å²) in [6, 6.07) is 6.23. The zero-order valence-corrected chi connectivity index (χ0v) is 14.7. The Morgan fingerprint density at radius 2 is 1.84 bits per heavy atom. The van der Waals surface area contributed by atoms with Crippen molar-refractivity contribution in [3.63, 3.8) is 0 Å². The number of rotatable bonds is 5. The number of sulfonamides is 1. The zero-order chi connectivity index (χ0) is 18.9. The number of nitrogens with one attached hydrogen (secondary N) is 1. The normalized spacial score (nSPS) is 11.6. The van der Waals surface area contributed by atoms with E-state index < -0.39 is 26.7 Å². The first-order chi connectivity index (χ1) is 11.5. The van der Waals surface area contributed by atoms with Gasteiger partial charge in [0.2, 0.25) is 0 Å². The van der Waals surface area contributed by atoms with Crippen LogP contribution in [0.25, 0.3) is 0 Å². The van der Waals surface area contributed by atoms with Crippen LogP contribution in [-0.2, 0) is 10.0 Å². The van der Waals surface area contributed by atoms with Gasteiger partial charge in [-0.15, -0.1) is 0 Å². The van der Waals surface area contributed by atoms with Gasteiger partial charge in [0, 0.05) is 0 Å². The van der Waals surface area contributed by atoms with Crippen molar-refractivity contribution >= 4 is 21.7 Å². The zero-order valence-electron chi connectivity index (χ0n) is 13.9. The highest BCUT2D eigenvalue weighted by atomic mass is 32.2. The lowest BCUT2D eigenvalue weighted by molar-refractivity contribution is 0.0696. The molecule has 6 nitrogen and oxygen atoms in total. The summed E-state index contributed by atoms with van der Waals surface area (Å²) in [7, 11) is -4.44. The van der Waals surface area contributed by atoms with Gasteiger partial charge in [0.15, 0.2) is 0 Å². The van der Waals surface area contributed by atoms with Crippen LogP contribution in [0.2, 0.25) is 0 Å². The van der Waals surface area contributed by atoms with E-state index >= 15 is 0 Å². The Kier molecular flexibility index (Phi) is 5.03. The topological polar surface area (TPSA) is 104 Å². The van der Waals surface area contributed by atoms with Crippen LogP contribution >= 0.6 is 0 Å². The molecule has 25 heavy (non-hydrogen) atoms. The molecule has 0 heterocycles. The molecule has 0 aliphatic heterocycles. The molecule has 8 heteroatoms. The number of anilines is 1. The number of hydrogen-bond donors (Lipinski definition) is 3. The van der Waals surface area contributed by atoms with Gasteiger partial charge >= 0.3 is 5.97 Å². The minimum atomic E-state index is -4.44. The number of hydrogen-bond acceptors (Lipinski definition) is 4. The van der Waals surface area contributed by atoms with Gasteiger partial charge in [-0.2, -0.15) is 0 Å². The molecule has 0 bridgehead atoms. The van der Waals surface area contributed by atoms with Gasteiger partial charge in [-0.25, -0.2) is 17.6 Å². The maximum atomic E-state index is 14.3. The Morgan fingerprint density at radius 1 is 1.20 bits per heavy atom. The van der Waals surface area contributed by atoms with E-state index in [0.29, 0.717) is 0 Å². The van der Waals surface area contributed by atoms with Crippen LogP contribution in [0, 0.1) is 12.7 Å². The molecule has 0 fully saturated rings. The van der Waals surface area contributed by atoms with Gasteiger partial charge in [0.1, 0.15) is 16.5 Å². The molecule has 2 aromatic carbocycles. The molecule has 2 rings (SSSR count). The second-order valence-electron chi connectivity index (χ2n) is 5.95. The summed E-state index contributed by atoms with van der Waals surface area (Å²) in [6.07, 6.45) is 0. The van der Waals surface area contributed by atoms with E-state index in [-0.39, 0.29) is 28.5 Å². The highest BCUT2D eigenvalue weighted by molar-refractivity contribution is 7.92. The minimum Gasteiger partial charge on any atom is -0.506 e. The van der Waals surface area contributed by atoms with E-state index in [2.05, 4.69) is 4.72 Å². The van der Waals surface area contributed by atoms with Gasteiger partial charge in [-0.05, 0) is 48.2 Å². The van der Waals surface area contributed by atoms with Crippen molar-refractivity contribution in [2.45, 2.75) is 31.6 Å². The standard InChI is InChI=1S/C17H18FNO5S/c1-9(2)11-4-5-14(20)13(7-11)19-25(23,24)15-8-12(17(21)22)6-10(3)16(15)18/h4-9,19-20H,1-3H3,(H,21,22). The molecule has 0 atom stereocenters. The molecule has 0 aliphatic rings. The van der Waals surface area contributed by atoms with Crippen LogP contribution in [0.1, 0.15) is 41.3 Å². The molecule has 0 saturated carbocycles. The Balaban J connectivity index is 2.54. The summed E-state index contributed by atoms with van der Waals surface area (Å²) in [5, 5.41) is 18.9. The fourth-order valence-electron chi connectivity index (χ4n) is 2.25. The van der Waals surface area contributed by atoms with Crippen LogP contribution in [0.15, 0.2) is 35.2 Å². The number of aryl methyl sites for hydroxylation is 1. The molecule has 0 unspecified atom stereocenters. The predicted octanol–water partition coefficient (Wildman–Crippen LogP) is 3.46. The van der Waals surface area contributed by atoms with Gasteiger partial charge in [0.25, 0.3) is 10.0 Å². The van der Waals surface area contributed by atoms with E-state index in [9.17, 15) is 22.7 Å². The number of halogens is 1. The summed E-state index contributed by atoms with van der Waals surface area (Å²) in [5.74, 6) is -2.65. The molecule has 0 spiro atoms. The Bertz CT molecular complexity index is 938. The fourth-order valence-corrected chi connectivity index (χ4v) is 3.49. The van der Waals surface area contributed by atoms with E-state index in [4.69, 9.17) is 5.11 Å². The molecular formula is C17H18FNO5S. The first-order valence-electron chi connectivity index (χ1n) is 7.42.